The molecule has 1 aromatic carbocycles. The van der Waals surface area contributed by atoms with Crippen LogP contribution in [-0.4, -0.2) is 25.3 Å². The van der Waals surface area contributed by atoms with E-state index in [1.807, 2.05) is 32.9 Å². The van der Waals surface area contributed by atoms with Gasteiger partial charge >= 0.3 is 0 Å². The number of rotatable bonds is 5. The molecule has 7 heteroatoms. The summed E-state index contributed by atoms with van der Waals surface area (Å²) in [6, 6.07) is 8.17. The second-order valence-corrected chi connectivity index (χ2v) is 7.05. The summed E-state index contributed by atoms with van der Waals surface area (Å²) in [6.07, 6.45) is 0. The van der Waals surface area contributed by atoms with Crippen molar-refractivity contribution < 1.29 is 4.52 Å². The number of nitrogens with zero attached hydrogens (tertiary/aromatic N) is 4. The predicted octanol–water partition coefficient (Wildman–Crippen LogP) is 4.14. The molecule has 2 aromatic heterocycles. The van der Waals surface area contributed by atoms with Crippen molar-refractivity contribution in [2.24, 2.45) is 0 Å². The van der Waals surface area contributed by atoms with Gasteiger partial charge in [-0.1, -0.05) is 60.6 Å². The molecule has 0 radical (unpaired) electrons. The van der Waals surface area contributed by atoms with Crippen molar-refractivity contribution in [3.63, 3.8) is 0 Å². The highest BCUT2D eigenvalue weighted by molar-refractivity contribution is 7.99. The summed E-state index contributed by atoms with van der Waals surface area (Å²) >= 11 is 1.49. The number of aromatic amines is 1. The van der Waals surface area contributed by atoms with Crippen molar-refractivity contribution in [2.75, 3.05) is 0 Å². The van der Waals surface area contributed by atoms with Crippen molar-refractivity contribution in [1.29, 1.82) is 0 Å². The molecular weight excluding hydrogens is 310 g/mol. The Hall–Kier alpha value is -2.15. The molecule has 1 N–H and O–H groups in total. The second-order valence-electron chi connectivity index (χ2n) is 5.74. The van der Waals surface area contributed by atoms with Crippen LogP contribution in [0.15, 0.2) is 33.9 Å². The van der Waals surface area contributed by atoms with E-state index in [9.17, 15) is 0 Å². The summed E-state index contributed by atoms with van der Waals surface area (Å²) in [5, 5.41) is 11.9. The number of H-pyrrole nitrogens is 1. The first-order valence-corrected chi connectivity index (χ1v) is 8.40. The average molecular weight is 329 g/mol. The van der Waals surface area contributed by atoms with Gasteiger partial charge in [-0.15, -0.1) is 5.10 Å². The van der Waals surface area contributed by atoms with Crippen LogP contribution >= 0.6 is 11.8 Å². The molecule has 0 aliphatic carbocycles. The Morgan fingerprint density at radius 3 is 2.48 bits per heavy atom. The Bertz CT molecular complexity index is 778. The number of benzene rings is 1. The second kappa shape index (κ2) is 6.54. The van der Waals surface area contributed by atoms with E-state index in [0.29, 0.717) is 11.0 Å². The lowest BCUT2D eigenvalue weighted by Crippen LogP contribution is -1.93. The number of thioether (sulfide) groups is 1. The topological polar surface area (TPSA) is 80.5 Å². The molecule has 2 heterocycles. The van der Waals surface area contributed by atoms with Gasteiger partial charge in [0.2, 0.25) is 11.0 Å². The molecule has 1 atom stereocenters. The van der Waals surface area contributed by atoms with Gasteiger partial charge in [0, 0.05) is 11.5 Å². The summed E-state index contributed by atoms with van der Waals surface area (Å²) in [5.74, 6) is 2.33. The van der Waals surface area contributed by atoms with E-state index in [4.69, 9.17) is 4.52 Å². The van der Waals surface area contributed by atoms with Crippen molar-refractivity contribution in [2.45, 2.75) is 44.0 Å². The van der Waals surface area contributed by atoms with E-state index in [-0.39, 0.29) is 11.2 Å². The third-order valence-corrected chi connectivity index (χ3v) is 4.34. The van der Waals surface area contributed by atoms with Crippen LogP contribution in [0.4, 0.5) is 0 Å². The first kappa shape index (κ1) is 15.7. The Kier molecular flexibility index (Phi) is 4.47. The minimum Gasteiger partial charge on any atom is -0.338 e. The molecule has 0 amide bonds. The van der Waals surface area contributed by atoms with Crippen molar-refractivity contribution in [1.82, 2.24) is 25.3 Å². The number of aromatic nitrogens is 5. The molecule has 3 rings (SSSR count). The highest BCUT2D eigenvalue weighted by Gasteiger charge is 2.19. The van der Waals surface area contributed by atoms with Gasteiger partial charge in [0.15, 0.2) is 11.6 Å². The van der Waals surface area contributed by atoms with Gasteiger partial charge in [0.25, 0.3) is 0 Å². The zero-order valence-corrected chi connectivity index (χ0v) is 14.4. The van der Waals surface area contributed by atoms with Crippen LogP contribution in [0.2, 0.25) is 0 Å². The maximum absolute atomic E-state index is 5.32. The predicted molar refractivity (Wildman–Crippen MR) is 89.2 cm³/mol. The minimum atomic E-state index is -0.00309. The Morgan fingerprint density at radius 1 is 1.09 bits per heavy atom. The molecule has 3 aromatic rings. The van der Waals surface area contributed by atoms with Crippen LogP contribution in [0, 0.1) is 6.92 Å². The third-order valence-electron chi connectivity index (χ3n) is 3.39. The smallest absolute Gasteiger partial charge is 0.239 e. The highest BCUT2D eigenvalue weighted by Crippen LogP contribution is 2.33. The average Bonchev–Trinajstić information content (AvgIpc) is 3.17. The quantitative estimate of drug-likeness (QED) is 0.709. The fraction of sp³-hybridized carbons (Fsp3) is 0.375. The lowest BCUT2D eigenvalue weighted by molar-refractivity contribution is 0.373. The zero-order valence-electron chi connectivity index (χ0n) is 13.6. The Labute approximate surface area is 139 Å². The van der Waals surface area contributed by atoms with Crippen molar-refractivity contribution >= 4 is 11.8 Å². The van der Waals surface area contributed by atoms with Crippen LogP contribution in [0.3, 0.4) is 0 Å². The lowest BCUT2D eigenvalue weighted by atomic mass is 10.1. The van der Waals surface area contributed by atoms with Gasteiger partial charge in [-0.3, -0.25) is 5.10 Å². The van der Waals surface area contributed by atoms with Gasteiger partial charge in [0.05, 0.1) is 5.25 Å². The first-order chi connectivity index (χ1) is 11.0. The molecule has 0 bridgehead atoms. The Balaban J connectivity index is 1.71. The van der Waals surface area contributed by atoms with Crippen LogP contribution in [-0.2, 0) is 0 Å². The lowest BCUT2D eigenvalue weighted by Gasteiger charge is -2.01. The molecule has 23 heavy (non-hydrogen) atoms. The number of aryl methyl sites for hydroxylation is 1. The molecule has 0 spiro atoms. The summed E-state index contributed by atoms with van der Waals surface area (Å²) < 4.78 is 5.32. The largest absolute Gasteiger partial charge is 0.338 e. The molecular formula is C16H19N5OS. The van der Waals surface area contributed by atoms with Gasteiger partial charge in [-0.25, -0.2) is 4.98 Å². The summed E-state index contributed by atoms with van der Waals surface area (Å²) in [4.78, 5) is 8.94. The first-order valence-electron chi connectivity index (χ1n) is 7.52. The maximum Gasteiger partial charge on any atom is 0.239 e. The van der Waals surface area contributed by atoms with E-state index >= 15 is 0 Å². The molecule has 0 fully saturated rings. The standard InChI is InChI=1S/C16H19N5OS/c1-9(2)13-17-15(22-21-13)11(4)23-16-18-14(19-20-16)12-7-5-10(3)6-8-12/h5-9,11H,1-4H3,(H,18,19,20). The fourth-order valence-electron chi connectivity index (χ4n) is 2.00. The zero-order chi connectivity index (χ0) is 16.4. The van der Waals surface area contributed by atoms with Crippen molar-refractivity contribution in [3.8, 4) is 11.4 Å². The van der Waals surface area contributed by atoms with E-state index in [2.05, 4.69) is 44.4 Å². The summed E-state index contributed by atoms with van der Waals surface area (Å²) in [7, 11) is 0. The van der Waals surface area contributed by atoms with Crippen molar-refractivity contribution in [3.05, 3.63) is 41.5 Å². The molecule has 1 unspecified atom stereocenters. The summed E-state index contributed by atoms with van der Waals surface area (Å²) in [5.41, 5.74) is 2.23. The monoisotopic (exact) mass is 329 g/mol. The number of hydrogen-bond donors (Lipinski definition) is 1. The van der Waals surface area contributed by atoms with Gasteiger partial charge in [-0.2, -0.15) is 4.98 Å². The fourth-order valence-corrected chi connectivity index (χ4v) is 2.75. The van der Waals surface area contributed by atoms with E-state index in [0.717, 1.165) is 17.2 Å². The molecule has 0 aliphatic rings. The minimum absolute atomic E-state index is 0.00309. The van der Waals surface area contributed by atoms with Gasteiger partial charge < -0.3 is 4.52 Å². The SMILES string of the molecule is Cc1ccc(-c2nc(SC(C)c3nc(C(C)C)no3)n[nH]2)cc1. The maximum atomic E-state index is 5.32. The van der Waals surface area contributed by atoms with Crippen LogP contribution in [0.25, 0.3) is 11.4 Å². The summed E-state index contributed by atoms with van der Waals surface area (Å²) in [6.45, 7) is 8.14. The highest BCUT2D eigenvalue weighted by atomic mass is 32.2. The van der Waals surface area contributed by atoms with E-state index in [1.165, 1.54) is 17.3 Å². The van der Waals surface area contributed by atoms with E-state index < -0.39 is 0 Å². The third kappa shape index (κ3) is 3.61. The van der Waals surface area contributed by atoms with E-state index in [1.54, 1.807) is 0 Å². The Morgan fingerprint density at radius 2 is 1.83 bits per heavy atom. The van der Waals surface area contributed by atoms with Crippen LogP contribution in [0.1, 0.15) is 49.2 Å². The van der Waals surface area contributed by atoms with Gasteiger partial charge in [0.1, 0.15) is 0 Å². The molecule has 6 nitrogen and oxygen atoms in total. The molecule has 0 saturated carbocycles. The van der Waals surface area contributed by atoms with Crippen LogP contribution in [0.5, 0.6) is 0 Å². The molecule has 120 valence electrons. The van der Waals surface area contributed by atoms with Gasteiger partial charge in [-0.05, 0) is 13.8 Å². The molecule has 0 aliphatic heterocycles. The number of hydrogen-bond acceptors (Lipinski definition) is 6. The van der Waals surface area contributed by atoms with Crippen LogP contribution < -0.4 is 0 Å². The normalized spacial score (nSPS) is 12.7. The number of nitrogens with one attached hydrogen (secondary N) is 1. The molecule has 0 saturated heterocycles.